The van der Waals surface area contributed by atoms with Gasteiger partial charge in [0.2, 0.25) is 5.91 Å². The Kier molecular flexibility index (Phi) is 1.67. The molecule has 0 radical (unpaired) electrons. The van der Waals surface area contributed by atoms with E-state index in [1.165, 1.54) is 12.8 Å². The molecule has 4 heteroatoms. The lowest BCUT2D eigenvalue weighted by molar-refractivity contribution is -0.125. The van der Waals surface area contributed by atoms with Crippen molar-refractivity contribution in [1.82, 2.24) is 10.2 Å². The molecule has 2 bridgehead atoms. The zero-order valence-electron chi connectivity index (χ0n) is 8.33. The summed E-state index contributed by atoms with van der Waals surface area (Å²) in [5.41, 5.74) is 6.03. The summed E-state index contributed by atoms with van der Waals surface area (Å²) in [5, 5.41) is 2.91. The van der Waals surface area contributed by atoms with Gasteiger partial charge in [-0.3, -0.25) is 9.69 Å². The SMILES string of the molecule is NCC12CC(CN1C1CCNC1=O)C2. The van der Waals surface area contributed by atoms with Crippen molar-refractivity contribution in [2.45, 2.75) is 30.8 Å². The average molecular weight is 195 g/mol. The van der Waals surface area contributed by atoms with Gasteiger partial charge in [0.05, 0.1) is 6.04 Å². The van der Waals surface area contributed by atoms with Gasteiger partial charge in [-0.1, -0.05) is 0 Å². The number of nitrogens with zero attached hydrogens (tertiary/aromatic N) is 1. The van der Waals surface area contributed by atoms with Crippen LogP contribution >= 0.6 is 0 Å². The number of fused-ring (bicyclic) bond motifs is 1. The number of carbonyl (C=O) groups is 1. The summed E-state index contributed by atoms with van der Waals surface area (Å²) < 4.78 is 0. The largest absolute Gasteiger partial charge is 0.355 e. The predicted molar refractivity (Wildman–Crippen MR) is 52.6 cm³/mol. The van der Waals surface area contributed by atoms with Gasteiger partial charge in [-0.25, -0.2) is 0 Å². The highest BCUT2D eigenvalue weighted by Gasteiger charge is 2.58. The van der Waals surface area contributed by atoms with E-state index < -0.39 is 0 Å². The minimum absolute atomic E-state index is 0.117. The number of hydrogen-bond donors (Lipinski definition) is 2. The monoisotopic (exact) mass is 195 g/mol. The van der Waals surface area contributed by atoms with Crippen molar-refractivity contribution >= 4 is 5.91 Å². The molecule has 14 heavy (non-hydrogen) atoms. The Bertz CT molecular complexity index is 273. The fourth-order valence-electron chi connectivity index (χ4n) is 3.47. The predicted octanol–water partition coefficient (Wildman–Crippen LogP) is -0.702. The van der Waals surface area contributed by atoms with Crippen LogP contribution in [-0.4, -0.2) is 42.0 Å². The lowest BCUT2D eigenvalue weighted by Gasteiger charge is -2.43. The van der Waals surface area contributed by atoms with Gasteiger partial charge in [-0.2, -0.15) is 0 Å². The molecule has 4 rings (SSSR count). The summed E-state index contributed by atoms with van der Waals surface area (Å²) >= 11 is 0. The summed E-state index contributed by atoms with van der Waals surface area (Å²) in [4.78, 5) is 14.0. The quantitative estimate of drug-likeness (QED) is 0.612. The van der Waals surface area contributed by atoms with Crippen LogP contribution in [0.1, 0.15) is 19.3 Å². The van der Waals surface area contributed by atoms with Crippen molar-refractivity contribution in [1.29, 1.82) is 0 Å². The van der Waals surface area contributed by atoms with Crippen molar-refractivity contribution in [3.05, 3.63) is 0 Å². The first-order chi connectivity index (χ1) is 6.75. The van der Waals surface area contributed by atoms with E-state index >= 15 is 0 Å². The first kappa shape index (κ1) is 8.68. The molecule has 3 aliphatic heterocycles. The summed E-state index contributed by atoms with van der Waals surface area (Å²) in [7, 11) is 0. The van der Waals surface area contributed by atoms with E-state index in [-0.39, 0.29) is 17.5 Å². The molecule has 1 aliphatic carbocycles. The third-order valence-electron chi connectivity index (χ3n) is 4.18. The van der Waals surface area contributed by atoms with Gasteiger partial charge in [0.15, 0.2) is 0 Å². The molecule has 1 atom stereocenters. The summed E-state index contributed by atoms with van der Waals surface area (Å²) in [6, 6.07) is 0.117. The van der Waals surface area contributed by atoms with Crippen molar-refractivity contribution in [2.75, 3.05) is 19.6 Å². The van der Waals surface area contributed by atoms with Crippen molar-refractivity contribution in [3.8, 4) is 0 Å². The molecule has 1 amide bonds. The number of carbonyl (C=O) groups excluding carboxylic acids is 1. The maximum atomic E-state index is 11.6. The Morgan fingerprint density at radius 3 is 2.93 bits per heavy atom. The Morgan fingerprint density at radius 2 is 2.36 bits per heavy atom. The number of hydrogen-bond acceptors (Lipinski definition) is 3. The Hall–Kier alpha value is -0.610. The highest BCUT2D eigenvalue weighted by Crippen LogP contribution is 2.51. The van der Waals surface area contributed by atoms with E-state index in [1.54, 1.807) is 0 Å². The molecule has 3 N–H and O–H groups in total. The van der Waals surface area contributed by atoms with E-state index in [9.17, 15) is 4.79 Å². The zero-order chi connectivity index (χ0) is 9.76. The minimum Gasteiger partial charge on any atom is -0.355 e. The van der Waals surface area contributed by atoms with E-state index in [1.807, 2.05) is 0 Å². The molecule has 1 saturated carbocycles. The molecular formula is C10H17N3O. The summed E-state index contributed by atoms with van der Waals surface area (Å²) in [6.45, 7) is 2.65. The molecule has 78 valence electrons. The lowest BCUT2D eigenvalue weighted by atomic mass is 9.73. The van der Waals surface area contributed by atoms with Gasteiger partial charge >= 0.3 is 0 Å². The molecule has 4 nitrogen and oxygen atoms in total. The maximum absolute atomic E-state index is 11.6. The van der Waals surface area contributed by atoms with Gasteiger partial charge in [0, 0.05) is 25.2 Å². The second-order valence-corrected chi connectivity index (χ2v) is 4.95. The normalized spacial score (nSPS) is 46.5. The molecule has 4 aliphatic rings. The molecule has 0 aromatic carbocycles. The topological polar surface area (TPSA) is 58.4 Å². The molecular weight excluding hydrogens is 178 g/mol. The Balaban J connectivity index is 1.82. The zero-order valence-corrected chi connectivity index (χ0v) is 8.33. The van der Waals surface area contributed by atoms with Gasteiger partial charge in [0.25, 0.3) is 0 Å². The van der Waals surface area contributed by atoms with E-state index in [0.29, 0.717) is 6.54 Å². The van der Waals surface area contributed by atoms with Crippen LogP contribution in [0, 0.1) is 5.92 Å². The van der Waals surface area contributed by atoms with Crippen LogP contribution in [0.5, 0.6) is 0 Å². The van der Waals surface area contributed by atoms with Gasteiger partial charge in [0.1, 0.15) is 0 Å². The van der Waals surface area contributed by atoms with Crippen LogP contribution in [0.3, 0.4) is 0 Å². The van der Waals surface area contributed by atoms with Gasteiger partial charge in [-0.15, -0.1) is 0 Å². The second-order valence-electron chi connectivity index (χ2n) is 4.95. The van der Waals surface area contributed by atoms with Crippen LogP contribution in [0.2, 0.25) is 0 Å². The van der Waals surface area contributed by atoms with Gasteiger partial charge in [-0.05, 0) is 25.2 Å². The van der Waals surface area contributed by atoms with Crippen LogP contribution < -0.4 is 11.1 Å². The Morgan fingerprint density at radius 1 is 1.57 bits per heavy atom. The van der Waals surface area contributed by atoms with E-state index in [2.05, 4.69) is 10.2 Å². The molecule has 4 fully saturated rings. The maximum Gasteiger partial charge on any atom is 0.237 e. The second kappa shape index (κ2) is 2.70. The number of nitrogens with two attached hydrogens (primary N) is 1. The molecule has 0 aromatic rings. The lowest BCUT2D eigenvalue weighted by Crippen LogP contribution is -2.56. The summed E-state index contributed by atoms with van der Waals surface area (Å²) in [5.74, 6) is 1.03. The molecule has 0 aromatic heterocycles. The van der Waals surface area contributed by atoms with Crippen molar-refractivity contribution in [3.63, 3.8) is 0 Å². The smallest absolute Gasteiger partial charge is 0.237 e. The van der Waals surface area contributed by atoms with E-state index in [4.69, 9.17) is 5.73 Å². The number of rotatable bonds is 2. The van der Waals surface area contributed by atoms with E-state index in [0.717, 1.165) is 25.4 Å². The first-order valence-corrected chi connectivity index (χ1v) is 5.50. The average Bonchev–Trinajstić information content (AvgIpc) is 2.73. The van der Waals surface area contributed by atoms with Crippen molar-refractivity contribution < 1.29 is 4.79 Å². The number of nitrogens with one attached hydrogen (secondary N) is 1. The molecule has 3 saturated heterocycles. The molecule has 0 spiro atoms. The first-order valence-electron chi connectivity index (χ1n) is 5.50. The Labute approximate surface area is 83.8 Å². The highest BCUT2D eigenvalue weighted by atomic mass is 16.2. The van der Waals surface area contributed by atoms with Crippen LogP contribution in [0.15, 0.2) is 0 Å². The van der Waals surface area contributed by atoms with Crippen LogP contribution in [-0.2, 0) is 4.79 Å². The summed E-state index contributed by atoms with van der Waals surface area (Å²) in [6.07, 6.45) is 3.40. The van der Waals surface area contributed by atoms with Crippen molar-refractivity contribution in [2.24, 2.45) is 11.7 Å². The number of amides is 1. The third-order valence-corrected chi connectivity index (χ3v) is 4.18. The third kappa shape index (κ3) is 0.929. The fourth-order valence-corrected chi connectivity index (χ4v) is 3.47. The van der Waals surface area contributed by atoms with Crippen LogP contribution in [0.25, 0.3) is 0 Å². The standard InChI is InChI=1S/C10H17N3O/c11-6-10-3-7(4-10)5-13(10)8-1-2-12-9(8)14/h7-8H,1-6,11H2,(H,12,14). The highest BCUT2D eigenvalue weighted by molar-refractivity contribution is 5.84. The minimum atomic E-state index is 0.117. The van der Waals surface area contributed by atoms with Gasteiger partial charge < -0.3 is 11.1 Å². The fraction of sp³-hybridized carbons (Fsp3) is 0.900. The molecule has 1 unspecified atom stereocenters. The molecule has 3 heterocycles. The van der Waals surface area contributed by atoms with Crippen LogP contribution in [0.4, 0.5) is 0 Å².